The van der Waals surface area contributed by atoms with Gasteiger partial charge in [-0.05, 0) is 30.0 Å². The van der Waals surface area contributed by atoms with E-state index in [0.717, 1.165) is 12.1 Å². The maximum absolute atomic E-state index is 12.9. The van der Waals surface area contributed by atoms with Crippen LogP contribution in [0.25, 0.3) is 0 Å². The number of rotatable bonds is 5. The smallest absolute Gasteiger partial charge is 0.123 e. The molecule has 0 saturated carbocycles. The van der Waals surface area contributed by atoms with Gasteiger partial charge in [0.2, 0.25) is 0 Å². The summed E-state index contributed by atoms with van der Waals surface area (Å²) in [5.74, 6) is -0.242. The molecular weight excluding hydrogens is 233 g/mol. The minimum absolute atomic E-state index is 0.242. The molecule has 0 aliphatic carbocycles. The molecule has 1 nitrogen and oxygen atoms in total. The van der Waals surface area contributed by atoms with Crippen LogP contribution >= 0.6 is 23.4 Å². The number of halogens is 2. The van der Waals surface area contributed by atoms with Crippen LogP contribution < -0.4 is 5.32 Å². The van der Waals surface area contributed by atoms with E-state index in [2.05, 4.69) is 18.5 Å². The zero-order chi connectivity index (χ0) is 11.3. The molecule has 0 saturated heterocycles. The van der Waals surface area contributed by atoms with Gasteiger partial charge in [-0.2, -0.15) is 11.8 Å². The summed E-state index contributed by atoms with van der Waals surface area (Å²) in [5, 5.41) is 4.41. The third-order valence-electron chi connectivity index (χ3n) is 2.16. The first-order valence-electron chi connectivity index (χ1n) is 4.81. The van der Waals surface area contributed by atoms with Crippen molar-refractivity contribution in [3.63, 3.8) is 0 Å². The highest BCUT2D eigenvalue weighted by molar-refractivity contribution is 7.99. The summed E-state index contributed by atoms with van der Waals surface area (Å²) in [6, 6.07) is 4.43. The zero-order valence-electron chi connectivity index (χ0n) is 8.89. The van der Waals surface area contributed by atoms with Gasteiger partial charge in [0.15, 0.2) is 0 Å². The number of nitrogens with one attached hydrogen (secondary N) is 1. The van der Waals surface area contributed by atoms with Crippen molar-refractivity contribution in [1.82, 2.24) is 5.32 Å². The van der Waals surface area contributed by atoms with E-state index in [0.29, 0.717) is 16.8 Å². The summed E-state index contributed by atoms with van der Waals surface area (Å²) >= 11 is 7.73. The Morgan fingerprint density at radius 2 is 2.27 bits per heavy atom. The molecule has 0 spiro atoms. The fraction of sp³-hybridized carbons (Fsp3) is 0.455. The van der Waals surface area contributed by atoms with Crippen LogP contribution in [0.15, 0.2) is 18.2 Å². The largest absolute Gasteiger partial charge is 0.312 e. The fourth-order valence-electron chi connectivity index (χ4n) is 1.17. The van der Waals surface area contributed by atoms with Gasteiger partial charge in [0, 0.05) is 23.4 Å². The molecule has 1 N–H and O–H groups in total. The first-order valence-corrected chi connectivity index (χ1v) is 6.47. The van der Waals surface area contributed by atoms with Crippen molar-refractivity contribution in [2.75, 3.05) is 12.8 Å². The Kier molecular flexibility index (Phi) is 5.43. The van der Waals surface area contributed by atoms with Crippen LogP contribution in [-0.2, 0) is 6.54 Å². The van der Waals surface area contributed by atoms with Gasteiger partial charge in [-0.3, -0.25) is 0 Å². The Labute approximate surface area is 99.4 Å². The summed E-state index contributed by atoms with van der Waals surface area (Å²) in [6.45, 7) is 3.65. The summed E-state index contributed by atoms with van der Waals surface area (Å²) in [4.78, 5) is 0. The predicted octanol–water partition coefficient (Wildman–Crippen LogP) is 3.32. The molecule has 84 valence electrons. The lowest BCUT2D eigenvalue weighted by Gasteiger charge is -2.10. The van der Waals surface area contributed by atoms with Gasteiger partial charge < -0.3 is 5.32 Å². The normalized spacial score (nSPS) is 12.8. The molecule has 1 aromatic rings. The molecule has 0 fully saturated rings. The monoisotopic (exact) mass is 247 g/mol. The SMILES string of the molecule is CSC(C)CNCc1cc(F)ccc1Cl. The Bertz CT molecular complexity index is 319. The molecule has 1 unspecified atom stereocenters. The molecule has 4 heteroatoms. The van der Waals surface area contributed by atoms with Crippen molar-refractivity contribution < 1.29 is 4.39 Å². The average molecular weight is 248 g/mol. The van der Waals surface area contributed by atoms with Crippen molar-refractivity contribution >= 4 is 23.4 Å². The summed E-state index contributed by atoms with van der Waals surface area (Å²) in [5.41, 5.74) is 0.810. The van der Waals surface area contributed by atoms with E-state index < -0.39 is 0 Å². The highest BCUT2D eigenvalue weighted by Crippen LogP contribution is 2.16. The molecule has 0 aliphatic rings. The number of hydrogen-bond donors (Lipinski definition) is 1. The topological polar surface area (TPSA) is 12.0 Å². The fourth-order valence-corrected chi connectivity index (χ4v) is 1.64. The van der Waals surface area contributed by atoms with Gasteiger partial charge in [0.1, 0.15) is 5.82 Å². The van der Waals surface area contributed by atoms with Gasteiger partial charge in [-0.25, -0.2) is 4.39 Å². The Hall–Kier alpha value is -0.250. The van der Waals surface area contributed by atoms with Crippen LogP contribution in [-0.4, -0.2) is 18.1 Å². The van der Waals surface area contributed by atoms with Gasteiger partial charge in [0.25, 0.3) is 0 Å². The lowest BCUT2D eigenvalue weighted by molar-refractivity contribution is 0.620. The molecule has 1 rings (SSSR count). The van der Waals surface area contributed by atoms with E-state index in [9.17, 15) is 4.39 Å². The molecule has 0 heterocycles. The molecular formula is C11H15ClFNS. The molecule has 0 aromatic heterocycles. The Balaban J connectivity index is 2.46. The standard InChI is InChI=1S/C11H15ClFNS/c1-8(15-2)6-14-7-9-5-10(13)3-4-11(9)12/h3-5,8,14H,6-7H2,1-2H3. The molecule has 15 heavy (non-hydrogen) atoms. The molecule has 0 radical (unpaired) electrons. The minimum Gasteiger partial charge on any atom is -0.312 e. The second kappa shape index (κ2) is 6.36. The van der Waals surface area contributed by atoms with Crippen LogP contribution in [0.4, 0.5) is 4.39 Å². The minimum atomic E-state index is -0.242. The van der Waals surface area contributed by atoms with Crippen molar-refractivity contribution in [2.24, 2.45) is 0 Å². The Morgan fingerprint density at radius 3 is 2.93 bits per heavy atom. The second-order valence-electron chi connectivity index (χ2n) is 3.41. The maximum atomic E-state index is 12.9. The number of thioether (sulfide) groups is 1. The van der Waals surface area contributed by atoms with Gasteiger partial charge >= 0.3 is 0 Å². The van der Waals surface area contributed by atoms with E-state index in [1.54, 1.807) is 17.8 Å². The molecule has 0 amide bonds. The van der Waals surface area contributed by atoms with Crippen LogP contribution in [0.5, 0.6) is 0 Å². The molecule has 0 aliphatic heterocycles. The van der Waals surface area contributed by atoms with Crippen LogP contribution in [0.2, 0.25) is 5.02 Å². The number of benzene rings is 1. The summed E-state index contributed by atoms with van der Waals surface area (Å²) < 4.78 is 12.9. The van der Waals surface area contributed by atoms with Gasteiger partial charge in [-0.1, -0.05) is 18.5 Å². The summed E-state index contributed by atoms with van der Waals surface area (Å²) in [7, 11) is 0. The number of hydrogen-bond acceptors (Lipinski definition) is 2. The second-order valence-corrected chi connectivity index (χ2v) is 5.10. The average Bonchev–Trinajstić information content (AvgIpc) is 2.23. The first kappa shape index (κ1) is 12.8. The lowest BCUT2D eigenvalue weighted by Crippen LogP contribution is -2.22. The third-order valence-corrected chi connectivity index (χ3v) is 3.50. The quantitative estimate of drug-likeness (QED) is 0.857. The van der Waals surface area contributed by atoms with Gasteiger partial charge in [0.05, 0.1) is 0 Å². The predicted molar refractivity (Wildman–Crippen MR) is 66.1 cm³/mol. The highest BCUT2D eigenvalue weighted by Gasteiger charge is 2.03. The van der Waals surface area contributed by atoms with E-state index in [1.165, 1.54) is 12.1 Å². The maximum Gasteiger partial charge on any atom is 0.123 e. The van der Waals surface area contributed by atoms with Gasteiger partial charge in [-0.15, -0.1) is 0 Å². The van der Waals surface area contributed by atoms with E-state index in [-0.39, 0.29) is 5.82 Å². The van der Waals surface area contributed by atoms with E-state index in [1.807, 2.05) is 0 Å². The van der Waals surface area contributed by atoms with Crippen molar-refractivity contribution in [3.05, 3.63) is 34.6 Å². The highest BCUT2D eigenvalue weighted by atomic mass is 35.5. The lowest BCUT2D eigenvalue weighted by atomic mass is 10.2. The molecule has 1 aromatic carbocycles. The van der Waals surface area contributed by atoms with Crippen molar-refractivity contribution in [3.8, 4) is 0 Å². The first-order chi connectivity index (χ1) is 7.13. The molecule has 1 atom stereocenters. The summed E-state index contributed by atoms with van der Waals surface area (Å²) in [6.07, 6.45) is 2.07. The third kappa shape index (κ3) is 4.41. The van der Waals surface area contributed by atoms with Crippen molar-refractivity contribution in [1.29, 1.82) is 0 Å². The zero-order valence-corrected chi connectivity index (χ0v) is 10.5. The van der Waals surface area contributed by atoms with Crippen LogP contribution in [0.3, 0.4) is 0 Å². The molecule has 0 bridgehead atoms. The van der Waals surface area contributed by atoms with Crippen LogP contribution in [0, 0.1) is 5.82 Å². The van der Waals surface area contributed by atoms with E-state index >= 15 is 0 Å². The van der Waals surface area contributed by atoms with Crippen LogP contribution in [0.1, 0.15) is 12.5 Å². The van der Waals surface area contributed by atoms with Crippen molar-refractivity contribution in [2.45, 2.75) is 18.7 Å². The Morgan fingerprint density at radius 1 is 1.53 bits per heavy atom. The van der Waals surface area contributed by atoms with E-state index in [4.69, 9.17) is 11.6 Å².